The van der Waals surface area contributed by atoms with Crippen molar-refractivity contribution in [2.24, 2.45) is 12.8 Å². The van der Waals surface area contributed by atoms with Gasteiger partial charge >= 0.3 is 0 Å². The van der Waals surface area contributed by atoms with Gasteiger partial charge in [0.25, 0.3) is 0 Å². The summed E-state index contributed by atoms with van der Waals surface area (Å²) in [7, 11) is 1.85. The topological polar surface area (TPSA) is 72.9 Å². The predicted octanol–water partition coefficient (Wildman–Crippen LogP) is 1.75. The first-order valence-electron chi connectivity index (χ1n) is 6.68. The molecule has 1 aromatic rings. The molecule has 1 amide bonds. The number of carbonyl (C=O) groups is 1. The number of aromatic nitrogens is 2. The average molecular weight is 250 g/mol. The van der Waals surface area contributed by atoms with E-state index in [4.69, 9.17) is 5.73 Å². The Kier molecular flexibility index (Phi) is 4.01. The minimum atomic E-state index is -0.502. The zero-order valence-corrected chi connectivity index (χ0v) is 11.1. The zero-order chi connectivity index (χ0) is 13.1. The summed E-state index contributed by atoms with van der Waals surface area (Å²) in [4.78, 5) is 11.6. The van der Waals surface area contributed by atoms with Gasteiger partial charge in [-0.2, -0.15) is 5.10 Å². The Labute approximate surface area is 108 Å². The minimum Gasteiger partial charge on any atom is -0.320 e. The monoisotopic (exact) mass is 250 g/mol. The zero-order valence-electron chi connectivity index (χ0n) is 11.1. The summed E-state index contributed by atoms with van der Waals surface area (Å²) < 4.78 is 1.73. The SMILES string of the molecule is C[C@H](N)C(=O)Nc1cc(C2CCCCC2)nn1C. The summed E-state index contributed by atoms with van der Waals surface area (Å²) in [6, 6.07) is 1.48. The first kappa shape index (κ1) is 13.1. The van der Waals surface area contributed by atoms with Crippen LogP contribution in [0.15, 0.2) is 6.07 Å². The van der Waals surface area contributed by atoms with Crippen LogP contribution in [0.2, 0.25) is 0 Å². The van der Waals surface area contributed by atoms with E-state index in [1.807, 2.05) is 13.1 Å². The summed E-state index contributed by atoms with van der Waals surface area (Å²) in [6.07, 6.45) is 6.30. The van der Waals surface area contributed by atoms with Crippen molar-refractivity contribution in [1.82, 2.24) is 9.78 Å². The lowest BCUT2D eigenvalue weighted by atomic mass is 9.87. The number of anilines is 1. The molecule has 1 heterocycles. The van der Waals surface area contributed by atoms with E-state index in [0.717, 1.165) is 11.5 Å². The molecule has 0 aliphatic heterocycles. The summed E-state index contributed by atoms with van der Waals surface area (Å²) in [5.74, 6) is 1.11. The van der Waals surface area contributed by atoms with Gasteiger partial charge < -0.3 is 11.1 Å². The van der Waals surface area contributed by atoms with Crippen LogP contribution in [0.3, 0.4) is 0 Å². The lowest BCUT2D eigenvalue weighted by molar-refractivity contribution is -0.117. The fraction of sp³-hybridized carbons (Fsp3) is 0.692. The van der Waals surface area contributed by atoms with Crippen LogP contribution < -0.4 is 11.1 Å². The molecule has 1 aromatic heterocycles. The van der Waals surface area contributed by atoms with Gasteiger partial charge in [0.1, 0.15) is 5.82 Å². The number of hydrogen-bond donors (Lipinski definition) is 2. The van der Waals surface area contributed by atoms with Gasteiger partial charge in [-0.05, 0) is 19.8 Å². The number of nitrogens with zero attached hydrogens (tertiary/aromatic N) is 2. The van der Waals surface area contributed by atoms with E-state index in [-0.39, 0.29) is 5.91 Å². The van der Waals surface area contributed by atoms with Gasteiger partial charge in [-0.15, -0.1) is 0 Å². The van der Waals surface area contributed by atoms with Crippen molar-refractivity contribution >= 4 is 11.7 Å². The van der Waals surface area contributed by atoms with Crippen LogP contribution in [0.5, 0.6) is 0 Å². The van der Waals surface area contributed by atoms with Crippen LogP contribution in [-0.2, 0) is 11.8 Å². The van der Waals surface area contributed by atoms with Gasteiger partial charge in [-0.1, -0.05) is 19.3 Å². The fourth-order valence-corrected chi connectivity index (χ4v) is 2.44. The van der Waals surface area contributed by atoms with Crippen molar-refractivity contribution in [2.45, 2.75) is 51.0 Å². The molecule has 2 rings (SSSR count). The van der Waals surface area contributed by atoms with Gasteiger partial charge in [0.05, 0.1) is 11.7 Å². The van der Waals surface area contributed by atoms with Crippen LogP contribution in [0.25, 0.3) is 0 Å². The van der Waals surface area contributed by atoms with Crippen LogP contribution in [0, 0.1) is 0 Å². The molecule has 0 aromatic carbocycles. The Hall–Kier alpha value is -1.36. The highest BCUT2D eigenvalue weighted by atomic mass is 16.2. The van der Waals surface area contributed by atoms with Crippen molar-refractivity contribution in [2.75, 3.05) is 5.32 Å². The quantitative estimate of drug-likeness (QED) is 0.858. The molecule has 0 radical (unpaired) electrons. The molecule has 1 fully saturated rings. The first-order valence-corrected chi connectivity index (χ1v) is 6.68. The van der Waals surface area contributed by atoms with Crippen molar-refractivity contribution in [3.05, 3.63) is 11.8 Å². The third-order valence-corrected chi connectivity index (χ3v) is 3.59. The molecular formula is C13H22N4O. The normalized spacial score (nSPS) is 18.6. The number of amides is 1. The number of rotatable bonds is 3. The van der Waals surface area contributed by atoms with Gasteiger partial charge in [0.15, 0.2) is 0 Å². The molecule has 1 saturated carbocycles. The highest BCUT2D eigenvalue weighted by Gasteiger charge is 2.20. The smallest absolute Gasteiger partial charge is 0.242 e. The molecule has 0 bridgehead atoms. The van der Waals surface area contributed by atoms with E-state index >= 15 is 0 Å². The van der Waals surface area contributed by atoms with Crippen LogP contribution in [-0.4, -0.2) is 21.7 Å². The van der Waals surface area contributed by atoms with Crippen molar-refractivity contribution in [3.8, 4) is 0 Å². The standard InChI is InChI=1S/C13H22N4O/c1-9(14)13(18)15-12-8-11(16-17(12)2)10-6-4-3-5-7-10/h8-10H,3-7,14H2,1-2H3,(H,15,18)/t9-/m0/s1. The van der Waals surface area contributed by atoms with Gasteiger partial charge in [-0.3, -0.25) is 9.48 Å². The van der Waals surface area contributed by atoms with Gasteiger partial charge in [0, 0.05) is 19.0 Å². The Bertz CT molecular complexity index is 419. The molecule has 1 aliphatic rings. The molecular weight excluding hydrogens is 228 g/mol. The third-order valence-electron chi connectivity index (χ3n) is 3.59. The van der Waals surface area contributed by atoms with Crippen LogP contribution in [0.4, 0.5) is 5.82 Å². The molecule has 0 saturated heterocycles. The second kappa shape index (κ2) is 5.52. The van der Waals surface area contributed by atoms with Crippen molar-refractivity contribution in [1.29, 1.82) is 0 Å². The van der Waals surface area contributed by atoms with E-state index in [2.05, 4.69) is 10.4 Å². The molecule has 5 nitrogen and oxygen atoms in total. The van der Waals surface area contributed by atoms with Crippen molar-refractivity contribution in [3.63, 3.8) is 0 Å². The summed E-state index contributed by atoms with van der Waals surface area (Å²) in [5.41, 5.74) is 6.64. The highest BCUT2D eigenvalue weighted by molar-refractivity contribution is 5.93. The second-order valence-electron chi connectivity index (χ2n) is 5.19. The average Bonchev–Trinajstić information content (AvgIpc) is 2.72. The molecule has 18 heavy (non-hydrogen) atoms. The molecule has 0 spiro atoms. The number of nitrogens with one attached hydrogen (secondary N) is 1. The minimum absolute atomic E-state index is 0.173. The number of nitrogens with two attached hydrogens (primary N) is 1. The maximum atomic E-state index is 11.6. The van der Waals surface area contributed by atoms with E-state index in [0.29, 0.717) is 5.92 Å². The third kappa shape index (κ3) is 2.90. The number of aryl methyl sites for hydroxylation is 1. The maximum Gasteiger partial charge on any atom is 0.242 e. The van der Waals surface area contributed by atoms with Crippen LogP contribution >= 0.6 is 0 Å². The molecule has 1 aliphatic carbocycles. The predicted molar refractivity (Wildman–Crippen MR) is 71.3 cm³/mol. The summed E-state index contributed by atoms with van der Waals surface area (Å²) in [6.45, 7) is 1.67. The number of carbonyl (C=O) groups excluding carboxylic acids is 1. The lowest BCUT2D eigenvalue weighted by Gasteiger charge is -2.19. The van der Waals surface area contributed by atoms with Crippen molar-refractivity contribution < 1.29 is 4.79 Å². The first-order chi connectivity index (χ1) is 8.58. The fourth-order valence-electron chi connectivity index (χ4n) is 2.44. The van der Waals surface area contributed by atoms with E-state index in [1.54, 1.807) is 11.6 Å². The van der Waals surface area contributed by atoms with E-state index < -0.39 is 6.04 Å². The Morgan fingerprint density at radius 1 is 1.50 bits per heavy atom. The molecule has 1 atom stereocenters. The van der Waals surface area contributed by atoms with E-state index in [9.17, 15) is 4.79 Å². The highest BCUT2D eigenvalue weighted by Crippen LogP contribution is 2.32. The molecule has 5 heteroatoms. The largest absolute Gasteiger partial charge is 0.320 e. The second-order valence-corrected chi connectivity index (χ2v) is 5.19. The molecule has 100 valence electrons. The number of hydrogen-bond acceptors (Lipinski definition) is 3. The van der Waals surface area contributed by atoms with Crippen LogP contribution in [0.1, 0.15) is 50.6 Å². The summed E-state index contributed by atoms with van der Waals surface area (Å²) in [5, 5.41) is 7.31. The Morgan fingerprint density at radius 2 is 2.17 bits per heavy atom. The lowest BCUT2D eigenvalue weighted by Crippen LogP contribution is -2.33. The van der Waals surface area contributed by atoms with Gasteiger partial charge in [0.2, 0.25) is 5.91 Å². The Balaban J connectivity index is 2.08. The molecule has 0 unspecified atom stereocenters. The molecule has 3 N–H and O–H groups in total. The van der Waals surface area contributed by atoms with Gasteiger partial charge in [-0.25, -0.2) is 0 Å². The Morgan fingerprint density at radius 3 is 2.78 bits per heavy atom. The van der Waals surface area contributed by atoms with E-state index in [1.165, 1.54) is 32.1 Å². The maximum absolute atomic E-state index is 11.6. The summed E-state index contributed by atoms with van der Waals surface area (Å²) >= 11 is 0.